The summed E-state index contributed by atoms with van der Waals surface area (Å²) in [7, 11) is 0. The van der Waals surface area contributed by atoms with Crippen molar-refractivity contribution in [2.45, 2.75) is 39.7 Å². The number of rotatable bonds is 5. The van der Waals surface area contributed by atoms with Gasteiger partial charge in [0.25, 0.3) is 0 Å². The first-order valence-electron chi connectivity index (χ1n) is 11.9. The highest BCUT2D eigenvalue weighted by atomic mass is 15.1. The van der Waals surface area contributed by atoms with E-state index in [4.69, 9.17) is 4.98 Å². The Morgan fingerprint density at radius 3 is 2.53 bits per heavy atom. The van der Waals surface area contributed by atoms with Crippen LogP contribution in [-0.4, -0.2) is 23.1 Å². The molecule has 5 rings (SSSR count). The van der Waals surface area contributed by atoms with Gasteiger partial charge in [-0.1, -0.05) is 31.7 Å². The van der Waals surface area contributed by atoms with Crippen molar-refractivity contribution in [1.29, 1.82) is 0 Å². The normalized spacial score (nSPS) is 14.1. The van der Waals surface area contributed by atoms with Crippen molar-refractivity contribution in [3.8, 4) is 0 Å². The van der Waals surface area contributed by atoms with Crippen LogP contribution < -0.4 is 21.3 Å². The zero-order valence-corrected chi connectivity index (χ0v) is 20.2. The summed E-state index contributed by atoms with van der Waals surface area (Å²) in [5, 5.41) is 13.8. The third kappa shape index (κ3) is 4.82. The lowest BCUT2D eigenvalue weighted by atomic mass is 9.97. The SMILES string of the molecule is C=C.C=C1NCc2cccc(Nc3nc(Nc4cc5c(cc4CC)CCNCC5)ncc3C)c21. The molecule has 4 N–H and O–H groups in total. The van der Waals surface area contributed by atoms with E-state index in [1.165, 1.54) is 22.3 Å². The van der Waals surface area contributed by atoms with E-state index in [1.54, 1.807) is 0 Å². The molecule has 0 saturated heterocycles. The second kappa shape index (κ2) is 10.5. The molecule has 3 aromatic rings. The van der Waals surface area contributed by atoms with Gasteiger partial charge in [-0.15, -0.1) is 13.2 Å². The van der Waals surface area contributed by atoms with Crippen LogP contribution in [0.1, 0.15) is 40.3 Å². The van der Waals surface area contributed by atoms with Crippen LogP contribution in [0.4, 0.5) is 23.1 Å². The fourth-order valence-electron chi connectivity index (χ4n) is 4.56. The van der Waals surface area contributed by atoms with Gasteiger partial charge < -0.3 is 21.3 Å². The molecular weight excluding hydrogens is 420 g/mol. The zero-order chi connectivity index (χ0) is 24.1. The van der Waals surface area contributed by atoms with Gasteiger partial charge in [0.15, 0.2) is 0 Å². The summed E-state index contributed by atoms with van der Waals surface area (Å²) in [6.45, 7) is 17.3. The first kappa shape index (κ1) is 23.5. The summed E-state index contributed by atoms with van der Waals surface area (Å²) >= 11 is 0. The van der Waals surface area contributed by atoms with E-state index in [1.807, 2.05) is 13.1 Å². The third-order valence-corrected chi connectivity index (χ3v) is 6.36. The van der Waals surface area contributed by atoms with Crippen LogP contribution in [0.2, 0.25) is 0 Å². The maximum Gasteiger partial charge on any atom is 0.229 e. The van der Waals surface area contributed by atoms with E-state index in [-0.39, 0.29) is 0 Å². The van der Waals surface area contributed by atoms with Gasteiger partial charge in [-0.05, 0) is 73.7 Å². The van der Waals surface area contributed by atoms with Gasteiger partial charge in [-0.3, -0.25) is 0 Å². The average molecular weight is 455 g/mol. The van der Waals surface area contributed by atoms with Crippen molar-refractivity contribution in [1.82, 2.24) is 20.6 Å². The summed E-state index contributed by atoms with van der Waals surface area (Å²) < 4.78 is 0. The Hall–Kier alpha value is -3.64. The van der Waals surface area contributed by atoms with E-state index >= 15 is 0 Å². The lowest BCUT2D eigenvalue weighted by Gasteiger charge is -2.17. The molecule has 1 aromatic heterocycles. The Kier molecular flexibility index (Phi) is 7.28. The highest BCUT2D eigenvalue weighted by Crippen LogP contribution is 2.33. The lowest BCUT2D eigenvalue weighted by Crippen LogP contribution is -2.16. The average Bonchev–Trinajstić information content (AvgIpc) is 3.09. The number of aromatic nitrogens is 2. The van der Waals surface area contributed by atoms with Gasteiger partial charge in [0.2, 0.25) is 5.95 Å². The van der Waals surface area contributed by atoms with Crippen molar-refractivity contribution >= 4 is 28.8 Å². The van der Waals surface area contributed by atoms with Gasteiger partial charge in [-0.2, -0.15) is 4.98 Å². The molecule has 176 valence electrons. The fourth-order valence-corrected chi connectivity index (χ4v) is 4.56. The van der Waals surface area contributed by atoms with E-state index in [0.29, 0.717) is 5.95 Å². The summed E-state index contributed by atoms with van der Waals surface area (Å²) in [6.07, 6.45) is 4.96. The van der Waals surface area contributed by atoms with Gasteiger partial charge >= 0.3 is 0 Å². The predicted molar refractivity (Wildman–Crippen MR) is 143 cm³/mol. The molecule has 0 saturated carbocycles. The minimum atomic E-state index is 0.601. The Bertz CT molecular complexity index is 1200. The highest BCUT2D eigenvalue weighted by molar-refractivity contribution is 5.82. The van der Waals surface area contributed by atoms with Crippen LogP contribution in [0.3, 0.4) is 0 Å². The molecule has 34 heavy (non-hydrogen) atoms. The number of nitrogens with zero attached hydrogens (tertiary/aromatic N) is 2. The quantitative estimate of drug-likeness (QED) is 0.387. The molecule has 0 atom stereocenters. The van der Waals surface area contributed by atoms with Gasteiger partial charge in [0.1, 0.15) is 5.82 Å². The van der Waals surface area contributed by atoms with Crippen molar-refractivity contribution in [3.05, 3.63) is 89.6 Å². The highest BCUT2D eigenvalue weighted by Gasteiger charge is 2.19. The van der Waals surface area contributed by atoms with Crippen molar-refractivity contribution in [2.75, 3.05) is 23.7 Å². The number of benzene rings is 2. The molecule has 2 aliphatic rings. The number of hydrogen-bond acceptors (Lipinski definition) is 6. The third-order valence-electron chi connectivity index (χ3n) is 6.36. The Morgan fingerprint density at radius 2 is 1.76 bits per heavy atom. The first-order valence-corrected chi connectivity index (χ1v) is 11.9. The molecule has 0 spiro atoms. The second-order valence-corrected chi connectivity index (χ2v) is 8.53. The molecule has 0 unspecified atom stereocenters. The lowest BCUT2D eigenvalue weighted by molar-refractivity contribution is 0.711. The molecule has 6 nitrogen and oxygen atoms in total. The molecule has 0 amide bonds. The summed E-state index contributed by atoms with van der Waals surface area (Å²) in [5.74, 6) is 1.40. The van der Waals surface area contributed by atoms with Crippen LogP contribution in [0, 0.1) is 6.92 Å². The number of nitrogens with one attached hydrogen (secondary N) is 4. The molecule has 0 aliphatic carbocycles. The maximum absolute atomic E-state index is 4.82. The van der Waals surface area contributed by atoms with Gasteiger partial charge in [0.05, 0.1) is 0 Å². The van der Waals surface area contributed by atoms with Crippen LogP contribution in [0.5, 0.6) is 0 Å². The van der Waals surface area contributed by atoms with Crippen molar-refractivity contribution in [3.63, 3.8) is 0 Å². The molecule has 3 heterocycles. The monoisotopic (exact) mass is 454 g/mol. The van der Waals surface area contributed by atoms with Crippen LogP contribution in [0.15, 0.2) is 56.3 Å². The largest absolute Gasteiger partial charge is 0.381 e. The number of hydrogen-bond donors (Lipinski definition) is 4. The summed E-state index contributed by atoms with van der Waals surface area (Å²) in [5.41, 5.74) is 10.6. The summed E-state index contributed by atoms with van der Waals surface area (Å²) in [6, 6.07) is 10.9. The van der Waals surface area contributed by atoms with E-state index in [2.05, 4.69) is 83.2 Å². The Balaban J connectivity index is 0.00000133. The number of anilines is 4. The van der Waals surface area contributed by atoms with Crippen LogP contribution in [-0.2, 0) is 25.8 Å². The Labute approximate surface area is 202 Å². The smallest absolute Gasteiger partial charge is 0.229 e. The number of aryl methyl sites for hydroxylation is 2. The molecule has 0 radical (unpaired) electrons. The van der Waals surface area contributed by atoms with Crippen molar-refractivity contribution in [2.24, 2.45) is 0 Å². The molecule has 0 bridgehead atoms. The van der Waals surface area contributed by atoms with Crippen LogP contribution >= 0.6 is 0 Å². The standard InChI is InChI=1S/C26H30N6.C2H4/c1-4-18-12-19-8-10-27-11-9-20(19)13-23(18)31-26-29-14-16(2)25(32-26)30-22-7-5-6-21-15-28-17(3)24(21)22;1-2/h5-7,12-14,27-28H,3-4,8-11,15H2,1-2H3,(H2,29,30,31,32);1-2H2. The zero-order valence-electron chi connectivity index (χ0n) is 20.2. The Morgan fingerprint density at radius 1 is 1.00 bits per heavy atom. The van der Waals surface area contributed by atoms with Gasteiger partial charge in [-0.25, -0.2) is 4.98 Å². The number of fused-ring (bicyclic) bond motifs is 2. The molecule has 2 aromatic carbocycles. The predicted octanol–water partition coefficient (Wildman–Crippen LogP) is 5.40. The van der Waals surface area contributed by atoms with Crippen molar-refractivity contribution < 1.29 is 0 Å². The molecular formula is C28H34N6. The van der Waals surface area contributed by atoms with Gasteiger partial charge in [0, 0.05) is 40.9 Å². The second-order valence-electron chi connectivity index (χ2n) is 8.53. The topological polar surface area (TPSA) is 73.9 Å². The molecule has 0 fully saturated rings. The molecule has 6 heteroatoms. The minimum Gasteiger partial charge on any atom is -0.381 e. The van der Waals surface area contributed by atoms with E-state index in [9.17, 15) is 0 Å². The van der Waals surface area contributed by atoms with E-state index in [0.717, 1.165) is 72.9 Å². The minimum absolute atomic E-state index is 0.601. The molecule has 2 aliphatic heterocycles. The van der Waals surface area contributed by atoms with Crippen LogP contribution in [0.25, 0.3) is 5.70 Å². The maximum atomic E-state index is 4.82. The fraction of sp³-hybridized carbons (Fsp3) is 0.286. The van der Waals surface area contributed by atoms with E-state index < -0.39 is 0 Å². The summed E-state index contributed by atoms with van der Waals surface area (Å²) in [4.78, 5) is 9.39. The first-order chi connectivity index (χ1) is 16.6.